The molecule has 0 saturated carbocycles. The molecule has 0 fully saturated rings. The molecular weight excluding hydrogens is 358 g/mol. The van der Waals surface area contributed by atoms with Gasteiger partial charge in [-0.3, -0.25) is 9.29 Å². The molecule has 0 saturated heterocycles. The Balaban J connectivity index is 1.72. The summed E-state index contributed by atoms with van der Waals surface area (Å²) in [5, 5.41) is 0. The Morgan fingerprint density at radius 3 is 2.38 bits per heavy atom. The first-order chi connectivity index (χ1) is 12.5. The lowest BCUT2D eigenvalue weighted by Gasteiger charge is -2.20. The van der Waals surface area contributed by atoms with Crippen molar-refractivity contribution >= 4 is 15.7 Å². The van der Waals surface area contributed by atoms with Crippen LogP contribution in [0.1, 0.15) is 5.56 Å². The van der Waals surface area contributed by atoms with E-state index in [0.717, 1.165) is 28.8 Å². The highest BCUT2D eigenvalue weighted by molar-refractivity contribution is 7.92. The highest BCUT2D eigenvalue weighted by Gasteiger charge is 2.31. The van der Waals surface area contributed by atoms with Gasteiger partial charge in [0.1, 0.15) is 0 Å². The highest BCUT2D eigenvalue weighted by atomic mass is 32.2. The fourth-order valence-corrected chi connectivity index (χ4v) is 4.63. The fraction of sp³-hybridized carbons (Fsp3) is 0.105. The van der Waals surface area contributed by atoms with Crippen LogP contribution in [0.3, 0.4) is 0 Å². The zero-order chi connectivity index (χ0) is 18.3. The van der Waals surface area contributed by atoms with E-state index >= 15 is 0 Å². The second-order valence-electron chi connectivity index (χ2n) is 5.98. The maximum absolute atomic E-state index is 13.5. The molecule has 2 heterocycles. The van der Waals surface area contributed by atoms with Crippen LogP contribution in [0.5, 0.6) is 0 Å². The topological polar surface area (TPSA) is 50.3 Å². The van der Waals surface area contributed by atoms with Gasteiger partial charge < -0.3 is 0 Å². The number of sulfonamides is 1. The van der Waals surface area contributed by atoms with Crippen molar-refractivity contribution in [2.45, 2.75) is 11.3 Å². The predicted octanol–water partition coefficient (Wildman–Crippen LogP) is 3.78. The molecule has 1 aliphatic rings. The van der Waals surface area contributed by atoms with E-state index in [-0.39, 0.29) is 11.4 Å². The molecule has 7 heteroatoms. The monoisotopic (exact) mass is 372 g/mol. The molecule has 4 nitrogen and oxygen atoms in total. The second kappa shape index (κ2) is 6.17. The van der Waals surface area contributed by atoms with Crippen LogP contribution < -0.4 is 4.31 Å². The number of hydrogen-bond acceptors (Lipinski definition) is 3. The first-order valence-electron chi connectivity index (χ1n) is 7.98. The lowest BCUT2D eigenvalue weighted by molar-refractivity contribution is 0.504. The van der Waals surface area contributed by atoms with Gasteiger partial charge in [-0.1, -0.05) is 6.07 Å². The lowest BCUT2D eigenvalue weighted by Crippen LogP contribution is -2.29. The van der Waals surface area contributed by atoms with E-state index in [2.05, 4.69) is 4.98 Å². The first-order valence-corrected chi connectivity index (χ1v) is 9.42. The average molecular weight is 372 g/mol. The summed E-state index contributed by atoms with van der Waals surface area (Å²) in [5.74, 6) is -2.26. The van der Waals surface area contributed by atoms with Crippen molar-refractivity contribution in [3.8, 4) is 11.1 Å². The Bertz CT molecular complexity index is 1090. The van der Waals surface area contributed by atoms with E-state index in [1.807, 2.05) is 24.3 Å². The highest BCUT2D eigenvalue weighted by Crippen LogP contribution is 2.35. The van der Waals surface area contributed by atoms with Crippen molar-refractivity contribution in [3.05, 3.63) is 78.1 Å². The van der Waals surface area contributed by atoms with Gasteiger partial charge in [-0.15, -0.1) is 0 Å². The van der Waals surface area contributed by atoms with Gasteiger partial charge in [0.2, 0.25) is 0 Å². The summed E-state index contributed by atoms with van der Waals surface area (Å²) in [6.07, 6.45) is 3.95. The van der Waals surface area contributed by atoms with Gasteiger partial charge in [0.25, 0.3) is 10.0 Å². The van der Waals surface area contributed by atoms with Gasteiger partial charge in [0.05, 0.1) is 10.6 Å². The summed E-state index contributed by atoms with van der Waals surface area (Å²) >= 11 is 0. The summed E-state index contributed by atoms with van der Waals surface area (Å²) in [6.45, 7) is 0.260. The molecule has 0 bridgehead atoms. The molecule has 132 valence electrons. The summed E-state index contributed by atoms with van der Waals surface area (Å²) in [7, 11) is -3.95. The largest absolute Gasteiger partial charge is 0.266 e. The minimum Gasteiger partial charge on any atom is -0.266 e. The summed E-state index contributed by atoms with van der Waals surface area (Å²) in [5.41, 5.74) is 3.42. The van der Waals surface area contributed by atoms with Crippen LogP contribution in [0.4, 0.5) is 14.5 Å². The van der Waals surface area contributed by atoms with Gasteiger partial charge in [-0.05, 0) is 65.6 Å². The number of rotatable bonds is 3. The van der Waals surface area contributed by atoms with Crippen molar-refractivity contribution in [2.75, 3.05) is 10.8 Å². The molecule has 0 spiro atoms. The van der Waals surface area contributed by atoms with E-state index in [0.29, 0.717) is 18.2 Å². The molecule has 1 aromatic heterocycles. The number of aromatic nitrogens is 1. The van der Waals surface area contributed by atoms with E-state index in [1.165, 1.54) is 4.31 Å². The van der Waals surface area contributed by atoms with Crippen molar-refractivity contribution in [1.82, 2.24) is 4.98 Å². The van der Waals surface area contributed by atoms with E-state index in [9.17, 15) is 17.2 Å². The Morgan fingerprint density at radius 2 is 1.65 bits per heavy atom. The van der Waals surface area contributed by atoms with Gasteiger partial charge in [-0.2, -0.15) is 0 Å². The average Bonchev–Trinajstić information content (AvgIpc) is 3.08. The molecule has 1 aliphatic heterocycles. The number of benzene rings is 2. The molecule has 0 unspecified atom stereocenters. The normalized spacial score (nSPS) is 13.7. The molecule has 0 atom stereocenters. The Labute approximate surface area is 149 Å². The number of nitrogens with zero attached hydrogens (tertiary/aromatic N) is 2. The summed E-state index contributed by atoms with van der Waals surface area (Å²) in [4.78, 5) is 3.73. The van der Waals surface area contributed by atoms with E-state index in [1.54, 1.807) is 18.5 Å². The maximum Gasteiger partial charge on any atom is 0.264 e. The molecule has 0 N–H and O–H groups in total. The minimum atomic E-state index is -3.95. The van der Waals surface area contributed by atoms with Crippen LogP contribution >= 0.6 is 0 Å². The zero-order valence-corrected chi connectivity index (χ0v) is 14.4. The minimum absolute atomic E-state index is 0.260. The van der Waals surface area contributed by atoms with Gasteiger partial charge >= 0.3 is 0 Å². The number of fused-ring (bicyclic) bond motifs is 1. The Hall–Kier alpha value is -2.80. The summed E-state index contributed by atoms with van der Waals surface area (Å²) in [6, 6.07) is 11.9. The van der Waals surface area contributed by atoms with Crippen LogP contribution in [0.25, 0.3) is 11.1 Å². The molecule has 2 aromatic carbocycles. The summed E-state index contributed by atoms with van der Waals surface area (Å²) < 4.78 is 53.5. The Morgan fingerprint density at radius 1 is 0.885 bits per heavy atom. The lowest BCUT2D eigenvalue weighted by atomic mass is 10.0. The molecule has 26 heavy (non-hydrogen) atoms. The quantitative estimate of drug-likeness (QED) is 0.703. The van der Waals surface area contributed by atoms with Crippen LogP contribution in [-0.4, -0.2) is 19.9 Å². The Kier molecular flexibility index (Phi) is 3.96. The van der Waals surface area contributed by atoms with Crippen LogP contribution in [0.2, 0.25) is 0 Å². The zero-order valence-electron chi connectivity index (χ0n) is 13.6. The van der Waals surface area contributed by atoms with Crippen LogP contribution in [0, 0.1) is 11.6 Å². The number of anilines is 1. The standard InChI is InChI=1S/C19H14F2N2O2S/c20-17-3-2-16(12-18(17)21)26(24,25)23-10-7-15-11-14(1-4-19(15)23)13-5-8-22-9-6-13/h1-6,8-9,11-12H,7,10H2. The molecular formula is C19H14F2N2O2S. The van der Waals surface area contributed by atoms with Crippen molar-refractivity contribution in [3.63, 3.8) is 0 Å². The molecule has 3 aromatic rings. The van der Waals surface area contributed by atoms with E-state index in [4.69, 9.17) is 0 Å². The molecule has 0 aliphatic carbocycles. The van der Waals surface area contributed by atoms with Gasteiger partial charge in [0, 0.05) is 18.9 Å². The number of pyridine rings is 1. The SMILES string of the molecule is O=S(=O)(c1ccc(F)c(F)c1)N1CCc2cc(-c3ccncc3)ccc21. The van der Waals surface area contributed by atoms with Crippen LogP contribution in [-0.2, 0) is 16.4 Å². The maximum atomic E-state index is 13.5. The third kappa shape index (κ3) is 2.74. The molecule has 0 radical (unpaired) electrons. The second-order valence-corrected chi connectivity index (χ2v) is 7.84. The van der Waals surface area contributed by atoms with E-state index < -0.39 is 21.7 Å². The fourth-order valence-electron chi connectivity index (χ4n) is 3.11. The number of halogens is 2. The predicted molar refractivity (Wildman–Crippen MR) is 94.3 cm³/mol. The van der Waals surface area contributed by atoms with Crippen molar-refractivity contribution < 1.29 is 17.2 Å². The third-order valence-corrected chi connectivity index (χ3v) is 6.23. The molecule has 0 amide bonds. The number of hydrogen-bond donors (Lipinski definition) is 0. The van der Waals surface area contributed by atoms with Crippen molar-refractivity contribution in [2.24, 2.45) is 0 Å². The van der Waals surface area contributed by atoms with Gasteiger partial charge in [0.15, 0.2) is 11.6 Å². The van der Waals surface area contributed by atoms with Gasteiger partial charge in [-0.25, -0.2) is 17.2 Å². The first kappa shape index (κ1) is 16.7. The van der Waals surface area contributed by atoms with Crippen molar-refractivity contribution in [1.29, 1.82) is 0 Å². The third-order valence-electron chi connectivity index (χ3n) is 4.43. The van der Waals surface area contributed by atoms with Crippen LogP contribution in [0.15, 0.2) is 65.8 Å². The molecule has 4 rings (SSSR count). The smallest absolute Gasteiger partial charge is 0.264 e.